The van der Waals surface area contributed by atoms with Crippen molar-refractivity contribution in [2.24, 2.45) is 11.7 Å². The van der Waals surface area contributed by atoms with E-state index in [2.05, 4.69) is 24.9 Å². The molecule has 0 unspecified atom stereocenters. The number of hydrogen-bond acceptors (Lipinski definition) is 4. The van der Waals surface area contributed by atoms with Crippen molar-refractivity contribution in [2.75, 3.05) is 0 Å². The Labute approximate surface area is 150 Å². The van der Waals surface area contributed by atoms with Gasteiger partial charge < -0.3 is 10.6 Å². The highest BCUT2D eigenvalue weighted by Crippen LogP contribution is 2.49. The largest absolute Gasteiger partial charge is 0.368 e. The van der Waals surface area contributed by atoms with Crippen molar-refractivity contribution in [1.82, 2.24) is 9.88 Å². The lowest BCUT2D eigenvalue weighted by Crippen LogP contribution is -2.46. The fourth-order valence-corrected chi connectivity index (χ4v) is 4.87. The molecule has 2 aliphatic rings. The summed E-state index contributed by atoms with van der Waals surface area (Å²) in [5, 5.41) is 0.849. The quantitative estimate of drug-likeness (QED) is 0.920. The number of likely N-dealkylation sites (tertiary alicyclic amines) is 1. The molecule has 2 N–H and O–H groups in total. The Balaban J connectivity index is 1.78. The van der Waals surface area contributed by atoms with Gasteiger partial charge in [0.25, 0.3) is 5.91 Å². The van der Waals surface area contributed by atoms with Gasteiger partial charge in [0.1, 0.15) is 11.7 Å². The molecule has 5 nitrogen and oxygen atoms in total. The van der Waals surface area contributed by atoms with Crippen LogP contribution in [0.15, 0.2) is 18.2 Å². The zero-order chi connectivity index (χ0) is 17.9. The third-order valence-corrected chi connectivity index (χ3v) is 6.46. The summed E-state index contributed by atoms with van der Waals surface area (Å²) in [7, 11) is 0. The molecule has 3 atom stereocenters. The number of thiazole rings is 1. The minimum atomic E-state index is -0.496. The Morgan fingerprint density at radius 2 is 2.00 bits per heavy atom. The second kappa shape index (κ2) is 5.66. The molecule has 1 aliphatic carbocycles. The Hall–Kier alpha value is -2.21. The smallest absolute Gasteiger partial charge is 0.274 e. The maximum Gasteiger partial charge on any atom is 0.274 e. The van der Waals surface area contributed by atoms with Crippen LogP contribution in [-0.2, 0) is 4.79 Å². The Morgan fingerprint density at radius 3 is 2.72 bits per heavy atom. The van der Waals surface area contributed by atoms with E-state index in [1.807, 2.05) is 19.1 Å². The van der Waals surface area contributed by atoms with Crippen molar-refractivity contribution in [2.45, 2.75) is 45.7 Å². The van der Waals surface area contributed by atoms with Crippen molar-refractivity contribution >= 4 is 23.2 Å². The summed E-state index contributed by atoms with van der Waals surface area (Å²) in [4.78, 5) is 32.1. The van der Waals surface area contributed by atoms with Gasteiger partial charge >= 0.3 is 0 Å². The van der Waals surface area contributed by atoms with E-state index in [-0.39, 0.29) is 11.9 Å². The predicted molar refractivity (Wildman–Crippen MR) is 97.4 cm³/mol. The number of primary amides is 1. The Kier molecular flexibility index (Phi) is 3.68. The van der Waals surface area contributed by atoms with E-state index in [0.717, 1.165) is 27.4 Å². The molecule has 1 aliphatic heterocycles. The van der Waals surface area contributed by atoms with E-state index in [4.69, 9.17) is 5.73 Å². The fraction of sp³-hybridized carbons (Fsp3) is 0.421. The van der Waals surface area contributed by atoms with E-state index < -0.39 is 11.9 Å². The summed E-state index contributed by atoms with van der Waals surface area (Å²) < 4.78 is 0. The van der Waals surface area contributed by atoms with Gasteiger partial charge in [-0.05, 0) is 56.2 Å². The van der Waals surface area contributed by atoms with Gasteiger partial charge in [-0.15, -0.1) is 11.3 Å². The van der Waals surface area contributed by atoms with Crippen molar-refractivity contribution in [3.05, 3.63) is 40.0 Å². The zero-order valence-electron chi connectivity index (χ0n) is 14.6. The molecular formula is C19H21N3O2S. The number of aryl methyl sites for hydroxylation is 2. The molecule has 2 aromatic rings. The van der Waals surface area contributed by atoms with Gasteiger partial charge in [-0.1, -0.05) is 18.2 Å². The highest BCUT2D eigenvalue weighted by atomic mass is 32.1. The number of carbonyl (C=O) groups excluding carboxylic acids is 2. The van der Waals surface area contributed by atoms with E-state index in [0.29, 0.717) is 18.0 Å². The minimum absolute atomic E-state index is 0.151. The summed E-state index contributed by atoms with van der Waals surface area (Å²) in [6.07, 6.45) is 1.66. The summed E-state index contributed by atoms with van der Waals surface area (Å²) in [5.74, 6) is -0.153. The minimum Gasteiger partial charge on any atom is -0.368 e. The highest BCUT2D eigenvalue weighted by molar-refractivity contribution is 7.15. The number of nitrogens with zero attached hydrogens (tertiary/aromatic N) is 2. The molecule has 0 bridgehead atoms. The first-order chi connectivity index (χ1) is 11.9. The number of fused-ring (bicyclic) bond motifs is 1. The molecule has 1 saturated heterocycles. The maximum atomic E-state index is 13.3. The first-order valence-corrected chi connectivity index (χ1v) is 9.36. The zero-order valence-corrected chi connectivity index (χ0v) is 15.4. The van der Waals surface area contributed by atoms with E-state index in [9.17, 15) is 9.59 Å². The molecule has 0 radical (unpaired) electrons. The molecule has 2 fully saturated rings. The standard InChI is InChI=1S/C19H21N3O2S/c1-9-5-4-6-13(10(9)2)17-16(21-11(3)25-17)19(24)22-14-7-12(14)8-15(22)18(20)23/h4-6,12,14-15H,7-8H2,1-3H3,(H2,20,23)/t12-,14-,15-/m0/s1. The van der Waals surface area contributed by atoms with E-state index in [1.165, 1.54) is 16.9 Å². The van der Waals surface area contributed by atoms with Gasteiger partial charge in [-0.3, -0.25) is 9.59 Å². The normalized spacial score (nSPS) is 24.3. The van der Waals surface area contributed by atoms with Crippen molar-refractivity contribution in [1.29, 1.82) is 0 Å². The second-order valence-corrected chi connectivity index (χ2v) is 8.29. The van der Waals surface area contributed by atoms with Crippen molar-refractivity contribution in [3.8, 4) is 10.4 Å². The molecule has 6 heteroatoms. The average molecular weight is 355 g/mol. The lowest BCUT2D eigenvalue weighted by molar-refractivity contribution is -0.122. The fourth-order valence-electron chi connectivity index (χ4n) is 3.88. The van der Waals surface area contributed by atoms with Gasteiger partial charge in [0.05, 0.1) is 9.88 Å². The number of nitrogens with two attached hydrogens (primary N) is 1. The predicted octanol–water partition coefficient (Wildman–Crippen LogP) is 2.82. The van der Waals surface area contributed by atoms with Gasteiger partial charge in [0.2, 0.25) is 5.91 Å². The SMILES string of the molecule is Cc1nc(C(=O)N2[C@H](C(N)=O)C[C@@H]3C[C@@H]32)c(-c2cccc(C)c2C)s1. The Bertz CT molecular complexity index is 889. The van der Waals surface area contributed by atoms with Gasteiger partial charge in [-0.25, -0.2) is 4.98 Å². The number of benzene rings is 1. The first kappa shape index (κ1) is 16.3. The van der Waals surface area contributed by atoms with Crippen LogP contribution < -0.4 is 5.73 Å². The van der Waals surface area contributed by atoms with Crippen LogP contribution in [0.5, 0.6) is 0 Å². The van der Waals surface area contributed by atoms with Crippen LogP contribution in [0.1, 0.15) is 39.5 Å². The average Bonchev–Trinajstić information content (AvgIpc) is 3.05. The van der Waals surface area contributed by atoms with Crippen LogP contribution >= 0.6 is 11.3 Å². The summed E-state index contributed by atoms with van der Waals surface area (Å²) in [6.45, 7) is 6.03. The lowest BCUT2D eigenvalue weighted by Gasteiger charge is -2.25. The molecule has 1 saturated carbocycles. The van der Waals surface area contributed by atoms with Crippen molar-refractivity contribution < 1.29 is 9.59 Å². The first-order valence-electron chi connectivity index (χ1n) is 8.54. The number of hydrogen-bond donors (Lipinski definition) is 1. The van der Waals surface area contributed by atoms with Crippen LogP contribution in [0.3, 0.4) is 0 Å². The van der Waals surface area contributed by atoms with Gasteiger partial charge in [0, 0.05) is 6.04 Å². The molecule has 2 amide bonds. The topological polar surface area (TPSA) is 76.3 Å². The molecular weight excluding hydrogens is 334 g/mol. The number of amides is 2. The van der Waals surface area contributed by atoms with Crippen LogP contribution in [0.4, 0.5) is 0 Å². The van der Waals surface area contributed by atoms with E-state index >= 15 is 0 Å². The van der Waals surface area contributed by atoms with Gasteiger partial charge in [0.15, 0.2) is 0 Å². The van der Waals surface area contributed by atoms with Crippen LogP contribution in [0.2, 0.25) is 0 Å². The number of piperidine rings is 1. The van der Waals surface area contributed by atoms with E-state index in [1.54, 1.807) is 4.90 Å². The van der Waals surface area contributed by atoms with Crippen LogP contribution in [0.25, 0.3) is 10.4 Å². The third kappa shape index (κ3) is 2.56. The Morgan fingerprint density at radius 1 is 1.24 bits per heavy atom. The van der Waals surface area contributed by atoms with Gasteiger partial charge in [-0.2, -0.15) is 0 Å². The molecule has 1 aromatic heterocycles. The van der Waals surface area contributed by atoms with Crippen molar-refractivity contribution in [3.63, 3.8) is 0 Å². The second-order valence-electron chi connectivity index (χ2n) is 7.09. The highest BCUT2D eigenvalue weighted by Gasteiger charge is 2.56. The number of aromatic nitrogens is 1. The molecule has 0 spiro atoms. The van der Waals surface area contributed by atoms with Crippen LogP contribution in [0, 0.1) is 26.7 Å². The monoisotopic (exact) mass is 355 g/mol. The lowest BCUT2D eigenvalue weighted by atomic mass is 10.0. The molecule has 25 heavy (non-hydrogen) atoms. The number of carbonyl (C=O) groups is 2. The summed E-state index contributed by atoms with van der Waals surface area (Å²) in [5.41, 5.74) is 9.36. The molecule has 1 aromatic carbocycles. The molecule has 4 rings (SSSR count). The third-order valence-electron chi connectivity index (χ3n) is 5.45. The summed E-state index contributed by atoms with van der Waals surface area (Å²) >= 11 is 1.53. The van der Waals surface area contributed by atoms with Crippen LogP contribution in [-0.4, -0.2) is 33.8 Å². The summed E-state index contributed by atoms with van der Waals surface area (Å²) in [6, 6.07) is 5.75. The molecule has 2 heterocycles. The molecule has 130 valence electrons. The maximum absolute atomic E-state index is 13.3. The number of rotatable bonds is 3.